The first-order chi connectivity index (χ1) is 6.97. The molecule has 0 aliphatic carbocycles. The van der Waals surface area contributed by atoms with Gasteiger partial charge in [0.1, 0.15) is 0 Å². The minimum absolute atomic E-state index is 0.0189. The number of Topliss-reactive ketones (excluding diaryl/α,β-unsaturated/α-hetero) is 1. The van der Waals surface area contributed by atoms with Crippen molar-refractivity contribution in [2.45, 2.75) is 26.7 Å². The first kappa shape index (κ1) is 12.5. The Morgan fingerprint density at radius 2 is 2.07 bits per heavy atom. The van der Waals surface area contributed by atoms with Crippen LogP contribution in [0.15, 0.2) is 12.1 Å². The number of hydrogen-bond acceptors (Lipinski definition) is 1. The summed E-state index contributed by atoms with van der Waals surface area (Å²) in [5, 5.41) is 0. The second-order valence-corrected chi connectivity index (χ2v) is 4.40. The van der Waals surface area contributed by atoms with Crippen molar-refractivity contribution in [1.29, 1.82) is 0 Å². The average molecular weight is 324 g/mol. The topological polar surface area (TPSA) is 17.1 Å². The summed E-state index contributed by atoms with van der Waals surface area (Å²) >= 11 is 1.99. The van der Waals surface area contributed by atoms with E-state index in [9.17, 15) is 13.6 Å². The van der Waals surface area contributed by atoms with E-state index in [0.29, 0.717) is 17.5 Å². The van der Waals surface area contributed by atoms with Crippen LogP contribution in [0.1, 0.15) is 41.8 Å². The molecule has 0 aromatic heterocycles. The van der Waals surface area contributed by atoms with Crippen LogP contribution in [-0.2, 0) is 6.42 Å². The third kappa shape index (κ3) is 2.74. The highest BCUT2D eigenvalue weighted by molar-refractivity contribution is 14.1. The molecule has 0 heterocycles. The minimum atomic E-state index is -2.52. The number of hydrogen-bond donors (Lipinski definition) is 0. The van der Waals surface area contributed by atoms with Gasteiger partial charge in [-0.05, 0) is 53.6 Å². The van der Waals surface area contributed by atoms with Gasteiger partial charge in [-0.1, -0.05) is 6.92 Å². The highest BCUT2D eigenvalue weighted by Gasteiger charge is 2.16. The van der Waals surface area contributed by atoms with Crippen LogP contribution in [0.3, 0.4) is 0 Å². The fourth-order valence-electron chi connectivity index (χ4n) is 1.43. The lowest BCUT2D eigenvalue weighted by Crippen LogP contribution is -2.02. The van der Waals surface area contributed by atoms with Gasteiger partial charge in [-0.25, -0.2) is 8.78 Å². The lowest BCUT2D eigenvalue weighted by atomic mass is 10.0. The predicted octanol–water partition coefficient (Wildman–Crippen LogP) is 3.99. The van der Waals surface area contributed by atoms with Crippen LogP contribution >= 0.6 is 22.6 Å². The van der Waals surface area contributed by atoms with Crippen molar-refractivity contribution in [3.8, 4) is 0 Å². The molecule has 0 atom stereocenters. The van der Waals surface area contributed by atoms with Gasteiger partial charge in [0.25, 0.3) is 6.43 Å². The Balaban J connectivity index is 3.38. The first-order valence-electron chi connectivity index (χ1n) is 4.58. The maximum absolute atomic E-state index is 12.7. The van der Waals surface area contributed by atoms with Crippen molar-refractivity contribution >= 4 is 28.4 Å². The van der Waals surface area contributed by atoms with E-state index in [2.05, 4.69) is 0 Å². The maximum Gasteiger partial charge on any atom is 0.264 e. The number of ketones is 1. The molecule has 0 spiro atoms. The van der Waals surface area contributed by atoms with Crippen LogP contribution in [0.2, 0.25) is 0 Å². The molecule has 0 aliphatic rings. The van der Waals surface area contributed by atoms with Crippen molar-refractivity contribution in [2.75, 3.05) is 0 Å². The fourth-order valence-corrected chi connectivity index (χ4v) is 2.46. The third-order valence-corrected chi connectivity index (χ3v) is 3.19. The molecule has 1 aromatic carbocycles. The van der Waals surface area contributed by atoms with Gasteiger partial charge in [-0.3, -0.25) is 4.79 Å². The lowest BCUT2D eigenvalue weighted by Gasteiger charge is -2.11. The zero-order valence-corrected chi connectivity index (χ0v) is 10.6. The minimum Gasteiger partial charge on any atom is -0.295 e. The van der Waals surface area contributed by atoms with Crippen molar-refractivity contribution in [2.24, 2.45) is 0 Å². The van der Waals surface area contributed by atoms with Crippen molar-refractivity contribution < 1.29 is 13.6 Å². The van der Waals surface area contributed by atoms with Crippen LogP contribution < -0.4 is 0 Å². The number of alkyl halides is 2. The summed E-state index contributed by atoms with van der Waals surface area (Å²) in [5.41, 5.74) is 0.970. The number of carbonyl (C=O) groups excluding carboxylic acids is 1. The summed E-state index contributed by atoms with van der Waals surface area (Å²) in [5.74, 6) is -0.183. The molecule has 0 amide bonds. The summed E-state index contributed by atoms with van der Waals surface area (Å²) in [4.78, 5) is 11.1. The molecule has 0 bridgehead atoms. The number of halogens is 3. The molecule has 82 valence electrons. The maximum atomic E-state index is 12.7. The highest BCUT2D eigenvalue weighted by atomic mass is 127. The van der Waals surface area contributed by atoms with Gasteiger partial charge in [-0.2, -0.15) is 0 Å². The van der Waals surface area contributed by atoms with Gasteiger partial charge in [0.15, 0.2) is 5.78 Å². The van der Waals surface area contributed by atoms with E-state index in [4.69, 9.17) is 0 Å². The van der Waals surface area contributed by atoms with E-state index in [-0.39, 0.29) is 11.3 Å². The molecule has 0 saturated heterocycles. The van der Waals surface area contributed by atoms with E-state index >= 15 is 0 Å². The molecule has 0 aliphatic heterocycles. The molecule has 0 N–H and O–H groups in total. The van der Waals surface area contributed by atoms with Gasteiger partial charge < -0.3 is 0 Å². The Morgan fingerprint density at radius 1 is 1.47 bits per heavy atom. The molecule has 0 saturated carbocycles. The normalized spacial score (nSPS) is 10.8. The van der Waals surface area contributed by atoms with E-state index in [0.717, 1.165) is 3.57 Å². The molecular formula is C11H11F2IO. The summed E-state index contributed by atoms with van der Waals surface area (Å²) in [6.45, 7) is 3.21. The van der Waals surface area contributed by atoms with Gasteiger partial charge in [-0.15, -0.1) is 0 Å². The molecule has 1 aromatic rings. The van der Waals surface area contributed by atoms with Crippen molar-refractivity contribution in [3.05, 3.63) is 32.4 Å². The van der Waals surface area contributed by atoms with Crippen LogP contribution in [0.25, 0.3) is 0 Å². The quantitative estimate of drug-likeness (QED) is 0.607. The van der Waals surface area contributed by atoms with Gasteiger partial charge in [0.2, 0.25) is 0 Å². The number of benzene rings is 1. The molecule has 0 unspecified atom stereocenters. The highest BCUT2D eigenvalue weighted by Crippen LogP contribution is 2.28. The van der Waals surface area contributed by atoms with E-state index in [1.54, 1.807) is 6.07 Å². The van der Waals surface area contributed by atoms with Crippen LogP contribution in [0.5, 0.6) is 0 Å². The van der Waals surface area contributed by atoms with Crippen LogP contribution in [0, 0.1) is 3.57 Å². The summed E-state index contributed by atoms with van der Waals surface area (Å²) in [6.07, 6.45) is -1.97. The van der Waals surface area contributed by atoms with Crippen molar-refractivity contribution in [1.82, 2.24) is 0 Å². The van der Waals surface area contributed by atoms with Crippen LogP contribution in [0.4, 0.5) is 8.78 Å². The van der Waals surface area contributed by atoms with Gasteiger partial charge >= 0.3 is 0 Å². The second kappa shape index (κ2) is 5.01. The summed E-state index contributed by atoms with van der Waals surface area (Å²) in [6, 6.07) is 2.96. The third-order valence-electron chi connectivity index (χ3n) is 2.23. The molecule has 0 fully saturated rings. The monoisotopic (exact) mass is 324 g/mol. The zero-order chi connectivity index (χ0) is 11.6. The fraction of sp³-hybridized carbons (Fsp3) is 0.364. The Bertz CT molecular complexity index is 388. The number of carbonyl (C=O) groups is 1. The Hall–Kier alpha value is -0.520. The van der Waals surface area contributed by atoms with E-state index in [1.165, 1.54) is 13.0 Å². The average Bonchev–Trinajstić information content (AvgIpc) is 2.16. The van der Waals surface area contributed by atoms with Crippen LogP contribution in [-0.4, -0.2) is 5.78 Å². The van der Waals surface area contributed by atoms with Gasteiger partial charge in [0.05, 0.1) is 0 Å². The SMILES string of the molecule is CCc1c(I)cc(C(C)=O)cc1C(F)F. The number of rotatable bonds is 3. The molecule has 4 heteroatoms. The Morgan fingerprint density at radius 3 is 2.47 bits per heavy atom. The molecular weight excluding hydrogens is 313 g/mol. The first-order valence-corrected chi connectivity index (χ1v) is 5.66. The smallest absolute Gasteiger partial charge is 0.264 e. The Labute approximate surface area is 101 Å². The predicted molar refractivity (Wildman–Crippen MR) is 63.5 cm³/mol. The van der Waals surface area contributed by atoms with Crippen molar-refractivity contribution in [3.63, 3.8) is 0 Å². The molecule has 0 radical (unpaired) electrons. The largest absolute Gasteiger partial charge is 0.295 e. The van der Waals surface area contributed by atoms with E-state index < -0.39 is 6.43 Å². The summed E-state index contributed by atoms with van der Waals surface area (Å²) < 4.78 is 26.2. The molecule has 1 rings (SSSR count). The molecule has 15 heavy (non-hydrogen) atoms. The van der Waals surface area contributed by atoms with E-state index in [1.807, 2.05) is 29.5 Å². The second-order valence-electron chi connectivity index (χ2n) is 3.24. The zero-order valence-electron chi connectivity index (χ0n) is 8.48. The van der Waals surface area contributed by atoms with Gasteiger partial charge in [0, 0.05) is 14.7 Å². The Kier molecular flexibility index (Phi) is 4.19. The molecule has 1 nitrogen and oxygen atoms in total. The lowest BCUT2D eigenvalue weighted by molar-refractivity contribution is 0.101. The summed E-state index contributed by atoms with van der Waals surface area (Å²) in [7, 11) is 0. The standard InChI is InChI=1S/C11H11F2IO/c1-3-8-9(11(12)13)4-7(6(2)15)5-10(8)14/h4-5,11H,3H2,1-2H3.